The van der Waals surface area contributed by atoms with Crippen molar-refractivity contribution in [1.82, 2.24) is 5.32 Å². The average Bonchev–Trinajstić information content (AvgIpc) is 2.20. The Bertz CT molecular complexity index is 296. The number of methoxy groups -OCH3 is 1. The highest BCUT2D eigenvalue weighted by atomic mass is 16.5. The second-order valence-electron chi connectivity index (χ2n) is 3.67. The highest BCUT2D eigenvalue weighted by Crippen LogP contribution is 2.11. The minimum Gasteiger partial charge on any atom is -0.466 e. The number of carbonyl (C=O) groups is 2. The van der Waals surface area contributed by atoms with E-state index in [1.807, 2.05) is 13.8 Å². The van der Waals surface area contributed by atoms with Crippen LogP contribution in [0.25, 0.3) is 0 Å². The summed E-state index contributed by atoms with van der Waals surface area (Å²) in [7, 11) is 1.26. The molecule has 1 rings (SSSR count). The van der Waals surface area contributed by atoms with Gasteiger partial charge in [-0.3, -0.25) is 0 Å². The Morgan fingerprint density at radius 2 is 2.33 bits per heavy atom. The molecule has 1 unspecified atom stereocenters. The summed E-state index contributed by atoms with van der Waals surface area (Å²) >= 11 is 0. The van der Waals surface area contributed by atoms with Crippen molar-refractivity contribution in [1.29, 1.82) is 0 Å². The van der Waals surface area contributed by atoms with E-state index in [0.717, 1.165) is 6.08 Å². The zero-order valence-corrected chi connectivity index (χ0v) is 9.07. The maximum Gasteiger partial charge on any atom is 0.354 e. The van der Waals surface area contributed by atoms with Gasteiger partial charge in [-0.1, -0.05) is 13.8 Å². The third-order valence-corrected chi connectivity index (χ3v) is 2.22. The lowest BCUT2D eigenvalue weighted by Crippen LogP contribution is -2.45. The zero-order chi connectivity index (χ0) is 11.4. The SMILES string of the molecule is COC(=O)/C=C1\NC(C(C)C)COC1=O. The quantitative estimate of drug-likeness (QED) is 0.525. The number of rotatable bonds is 2. The minimum absolute atomic E-state index is 0.0404. The van der Waals surface area contributed by atoms with Crippen LogP contribution in [-0.4, -0.2) is 31.7 Å². The normalized spacial score (nSPS) is 23.6. The molecule has 0 aliphatic carbocycles. The van der Waals surface area contributed by atoms with E-state index in [4.69, 9.17) is 4.74 Å². The largest absolute Gasteiger partial charge is 0.466 e. The fourth-order valence-corrected chi connectivity index (χ4v) is 1.18. The molecule has 15 heavy (non-hydrogen) atoms. The first-order valence-corrected chi connectivity index (χ1v) is 4.78. The molecular weight excluding hydrogens is 198 g/mol. The second kappa shape index (κ2) is 4.82. The number of morpholine rings is 1. The summed E-state index contributed by atoms with van der Waals surface area (Å²) in [6.07, 6.45) is 1.11. The first-order valence-electron chi connectivity index (χ1n) is 4.78. The molecule has 84 valence electrons. The summed E-state index contributed by atoms with van der Waals surface area (Å²) in [4.78, 5) is 22.2. The first-order chi connectivity index (χ1) is 7.04. The fraction of sp³-hybridized carbons (Fsp3) is 0.600. The molecule has 1 atom stereocenters. The molecule has 5 nitrogen and oxygen atoms in total. The lowest BCUT2D eigenvalue weighted by atomic mass is 10.0. The first kappa shape index (κ1) is 11.6. The Morgan fingerprint density at radius 1 is 1.67 bits per heavy atom. The molecule has 0 bridgehead atoms. The standard InChI is InChI=1S/C10H15NO4/c1-6(2)8-5-15-10(13)7(11-8)4-9(12)14-3/h4,6,8,11H,5H2,1-3H3/b7-4-. The van der Waals surface area contributed by atoms with Gasteiger partial charge in [0.2, 0.25) is 0 Å². The molecule has 5 heteroatoms. The molecule has 0 amide bonds. The summed E-state index contributed by atoms with van der Waals surface area (Å²) in [6.45, 7) is 4.34. The maximum absolute atomic E-state index is 11.3. The summed E-state index contributed by atoms with van der Waals surface area (Å²) < 4.78 is 9.37. The number of ether oxygens (including phenoxy) is 2. The van der Waals surface area contributed by atoms with E-state index in [2.05, 4.69) is 10.1 Å². The molecule has 0 spiro atoms. The van der Waals surface area contributed by atoms with E-state index < -0.39 is 11.9 Å². The Labute approximate surface area is 88.4 Å². The van der Waals surface area contributed by atoms with Crippen molar-refractivity contribution >= 4 is 11.9 Å². The third-order valence-electron chi connectivity index (χ3n) is 2.22. The van der Waals surface area contributed by atoms with Crippen molar-refractivity contribution in [2.45, 2.75) is 19.9 Å². The second-order valence-corrected chi connectivity index (χ2v) is 3.67. The van der Waals surface area contributed by atoms with Gasteiger partial charge in [0, 0.05) is 0 Å². The average molecular weight is 213 g/mol. The van der Waals surface area contributed by atoms with Crippen LogP contribution in [0.2, 0.25) is 0 Å². The van der Waals surface area contributed by atoms with Crippen LogP contribution in [0.4, 0.5) is 0 Å². The number of cyclic esters (lactones) is 1. The molecule has 1 aliphatic heterocycles. The van der Waals surface area contributed by atoms with E-state index in [1.165, 1.54) is 7.11 Å². The highest BCUT2D eigenvalue weighted by molar-refractivity contribution is 5.96. The Kier molecular flexibility index (Phi) is 3.71. The van der Waals surface area contributed by atoms with Gasteiger partial charge in [-0.25, -0.2) is 9.59 Å². The third kappa shape index (κ3) is 2.97. The smallest absolute Gasteiger partial charge is 0.354 e. The summed E-state index contributed by atoms with van der Waals surface area (Å²) in [5.74, 6) is -0.768. The maximum atomic E-state index is 11.3. The number of nitrogens with one attached hydrogen (secondary N) is 1. The number of hydrogen-bond donors (Lipinski definition) is 1. The zero-order valence-electron chi connectivity index (χ0n) is 9.07. The molecule has 0 aromatic carbocycles. The van der Waals surface area contributed by atoms with Crippen LogP contribution < -0.4 is 5.32 Å². The fourth-order valence-electron chi connectivity index (χ4n) is 1.18. The minimum atomic E-state index is -0.571. The van der Waals surface area contributed by atoms with E-state index in [-0.39, 0.29) is 11.7 Å². The Balaban J connectivity index is 2.73. The van der Waals surface area contributed by atoms with Crippen molar-refractivity contribution in [2.75, 3.05) is 13.7 Å². The van der Waals surface area contributed by atoms with E-state index in [9.17, 15) is 9.59 Å². The molecule has 0 radical (unpaired) electrons. The predicted molar refractivity (Wildman–Crippen MR) is 52.8 cm³/mol. The Hall–Kier alpha value is -1.52. The van der Waals surface area contributed by atoms with Gasteiger partial charge in [-0.2, -0.15) is 0 Å². The molecule has 1 fully saturated rings. The summed E-state index contributed by atoms with van der Waals surface area (Å²) in [6, 6.07) is 0.0404. The van der Waals surface area contributed by atoms with Crippen LogP contribution in [-0.2, 0) is 19.1 Å². The highest BCUT2D eigenvalue weighted by Gasteiger charge is 2.26. The number of hydrogen-bond acceptors (Lipinski definition) is 5. The topological polar surface area (TPSA) is 64.6 Å². The van der Waals surface area contributed by atoms with Crippen molar-refractivity contribution in [3.63, 3.8) is 0 Å². The van der Waals surface area contributed by atoms with Crippen molar-refractivity contribution < 1.29 is 19.1 Å². The van der Waals surface area contributed by atoms with Crippen LogP contribution in [0.1, 0.15) is 13.8 Å². The van der Waals surface area contributed by atoms with Crippen LogP contribution in [0, 0.1) is 5.92 Å². The van der Waals surface area contributed by atoms with Crippen LogP contribution >= 0.6 is 0 Å². The van der Waals surface area contributed by atoms with Crippen molar-refractivity contribution in [2.24, 2.45) is 5.92 Å². The van der Waals surface area contributed by atoms with E-state index >= 15 is 0 Å². The van der Waals surface area contributed by atoms with Gasteiger partial charge in [0.05, 0.1) is 19.2 Å². The number of carbonyl (C=O) groups excluding carboxylic acids is 2. The van der Waals surface area contributed by atoms with Gasteiger partial charge in [0.1, 0.15) is 12.3 Å². The molecule has 0 aromatic heterocycles. The van der Waals surface area contributed by atoms with Gasteiger partial charge in [-0.05, 0) is 5.92 Å². The molecule has 1 saturated heterocycles. The molecule has 1 heterocycles. The van der Waals surface area contributed by atoms with Crippen LogP contribution in [0.15, 0.2) is 11.8 Å². The van der Waals surface area contributed by atoms with E-state index in [1.54, 1.807) is 0 Å². The summed E-state index contributed by atoms with van der Waals surface area (Å²) in [5, 5.41) is 2.95. The summed E-state index contributed by atoms with van der Waals surface area (Å²) in [5.41, 5.74) is 0.159. The van der Waals surface area contributed by atoms with Gasteiger partial charge >= 0.3 is 11.9 Å². The predicted octanol–water partition coefficient (Wildman–Crippen LogP) is 0.214. The molecular formula is C10H15NO4. The van der Waals surface area contributed by atoms with Gasteiger partial charge < -0.3 is 14.8 Å². The molecule has 1 N–H and O–H groups in total. The monoisotopic (exact) mass is 213 g/mol. The van der Waals surface area contributed by atoms with Crippen LogP contribution in [0.3, 0.4) is 0 Å². The van der Waals surface area contributed by atoms with Crippen molar-refractivity contribution in [3.8, 4) is 0 Å². The Morgan fingerprint density at radius 3 is 2.87 bits per heavy atom. The van der Waals surface area contributed by atoms with Gasteiger partial charge in [0.25, 0.3) is 0 Å². The van der Waals surface area contributed by atoms with E-state index in [0.29, 0.717) is 12.5 Å². The lowest BCUT2D eigenvalue weighted by molar-refractivity contribution is -0.144. The van der Waals surface area contributed by atoms with Crippen LogP contribution in [0.5, 0.6) is 0 Å². The van der Waals surface area contributed by atoms with Gasteiger partial charge in [0.15, 0.2) is 0 Å². The molecule has 0 saturated carbocycles. The van der Waals surface area contributed by atoms with Crippen molar-refractivity contribution in [3.05, 3.63) is 11.8 Å². The molecule has 1 aliphatic rings. The van der Waals surface area contributed by atoms with Gasteiger partial charge in [-0.15, -0.1) is 0 Å². The molecule has 0 aromatic rings. The lowest BCUT2D eigenvalue weighted by Gasteiger charge is -2.28. The number of esters is 2.